The second-order valence-electron chi connectivity index (χ2n) is 7.13. The van der Waals surface area contributed by atoms with Crippen LogP contribution >= 0.6 is 0 Å². The quantitative estimate of drug-likeness (QED) is 0.307. The van der Waals surface area contributed by atoms with E-state index in [4.69, 9.17) is 5.73 Å². The maximum absolute atomic E-state index is 14.8. The normalized spacial score (nSPS) is 11.5. The van der Waals surface area contributed by atoms with Crippen molar-refractivity contribution < 1.29 is 36.6 Å². The molecule has 2 aromatic carbocycles. The van der Waals surface area contributed by atoms with Gasteiger partial charge in [0.15, 0.2) is 5.82 Å². The fourth-order valence-corrected chi connectivity index (χ4v) is 3.33. The molecule has 0 spiro atoms. The molecule has 2 aromatic heterocycles. The third-order valence-electron chi connectivity index (χ3n) is 4.88. The van der Waals surface area contributed by atoms with Gasteiger partial charge in [-0.2, -0.15) is 18.3 Å². The van der Waals surface area contributed by atoms with Crippen molar-refractivity contribution in [2.75, 3.05) is 16.4 Å². The first-order valence-corrected chi connectivity index (χ1v) is 9.55. The molecule has 14 heteroatoms. The van der Waals surface area contributed by atoms with Gasteiger partial charge in [-0.25, -0.2) is 27.9 Å². The Labute approximate surface area is 192 Å². The van der Waals surface area contributed by atoms with Gasteiger partial charge >= 0.3 is 18.2 Å². The zero-order valence-electron chi connectivity index (χ0n) is 17.2. The number of alkyl halides is 3. The summed E-state index contributed by atoms with van der Waals surface area (Å²) in [6, 6.07) is 3.49. The Kier molecular flexibility index (Phi) is 5.72. The first kappa shape index (κ1) is 23.4. The first-order chi connectivity index (χ1) is 16.5. The van der Waals surface area contributed by atoms with Gasteiger partial charge in [-0.15, -0.1) is 0 Å². The van der Waals surface area contributed by atoms with Crippen LogP contribution in [-0.4, -0.2) is 31.7 Å². The Morgan fingerprint density at radius 1 is 1.00 bits per heavy atom. The fraction of sp³-hybridized carbons (Fsp3) is 0.0476. The molecule has 9 nitrogen and oxygen atoms in total. The number of carboxylic acids is 1. The molecule has 0 unspecified atom stereocenters. The highest BCUT2D eigenvalue weighted by Gasteiger charge is 2.31. The lowest BCUT2D eigenvalue weighted by Crippen LogP contribution is -2.21. The second kappa shape index (κ2) is 8.55. The van der Waals surface area contributed by atoms with Gasteiger partial charge in [0, 0.05) is 11.8 Å². The van der Waals surface area contributed by atoms with E-state index in [1.54, 1.807) is 0 Å². The lowest BCUT2D eigenvalue weighted by Gasteiger charge is -2.12. The van der Waals surface area contributed by atoms with Crippen molar-refractivity contribution in [1.29, 1.82) is 0 Å². The number of carboxylic acid groups (broad SMARTS) is 1. The third kappa shape index (κ3) is 4.53. The highest BCUT2D eigenvalue weighted by Crippen LogP contribution is 2.34. The standard InChI is InChI=1S/C21H13F5N6O3/c22-12-3-2-10(21(24,25)26)6-15(12)31-20(35)30-14-4-1-9(5-13(14)23)16-11(19(33)34)7-32-17(16)18(27)28-8-29-32/h1-8H,(H,33,34)(H2,27,28,29)(H2,30,31,35). The number of halogens is 5. The molecule has 0 bridgehead atoms. The number of hydrogen-bond acceptors (Lipinski definition) is 5. The molecule has 5 N–H and O–H groups in total. The number of nitrogens with one attached hydrogen (secondary N) is 2. The summed E-state index contributed by atoms with van der Waals surface area (Å²) in [4.78, 5) is 27.7. The van der Waals surface area contributed by atoms with Crippen LogP contribution in [0, 0.1) is 11.6 Å². The molecule has 0 aliphatic carbocycles. The molecule has 4 rings (SSSR count). The van der Waals surface area contributed by atoms with Crippen LogP contribution in [-0.2, 0) is 6.18 Å². The Hall–Kier alpha value is -4.75. The van der Waals surface area contributed by atoms with Crippen molar-refractivity contribution in [3.63, 3.8) is 0 Å². The van der Waals surface area contributed by atoms with Crippen molar-refractivity contribution in [2.24, 2.45) is 0 Å². The fourth-order valence-electron chi connectivity index (χ4n) is 3.33. The molecule has 35 heavy (non-hydrogen) atoms. The van der Waals surface area contributed by atoms with Crippen LogP contribution in [0.1, 0.15) is 15.9 Å². The lowest BCUT2D eigenvalue weighted by molar-refractivity contribution is -0.137. The average molecular weight is 492 g/mol. The molecule has 0 fully saturated rings. The number of amides is 2. The molecular weight excluding hydrogens is 479 g/mol. The molecule has 0 saturated carbocycles. The number of benzene rings is 2. The van der Waals surface area contributed by atoms with E-state index in [9.17, 15) is 36.6 Å². The number of nitrogens with zero attached hydrogens (tertiary/aromatic N) is 3. The van der Waals surface area contributed by atoms with Crippen LogP contribution in [0.2, 0.25) is 0 Å². The summed E-state index contributed by atoms with van der Waals surface area (Å²) >= 11 is 0. The summed E-state index contributed by atoms with van der Waals surface area (Å²) in [6.45, 7) is 0. The molecule has 0 atom stereocenters. The van der Waals surface area contributed by atoms with Crippen molar-refractivity contribution in [3.8, 4) is 11.1 Å². The van der Waals surface area contributed by atoms with Crippen LogP contribution in [0.4, 0.5) is 43.9 Å². The minimum absolute atomic E-state index is 0.0246. The SMILES string of the molecule is Nc1ncnn2cc(C(=O)O)c(-c3ccc(NC(=O)Nc4cc(C(F)(F)F)ccc4F)c(F)c3)c12. The number of urea groups is 1. The predicted molar refractivity (Wildman–Crippen MR) is 114 cm³/mol. The number of aromatic nitrogens is 3. The number of fused-ring (bicyclic) bond motifs is 1. The summed E-state index contributed by atoms with van der Waals surface area (Å²) in [6.07, 6.45) is -2.49. The molecule has 0 saturated heterocycles. The molecule has 0 radical (unpaired) electrons. The number of carbonyl (C=O) groups is 2. The molecule has 0 aliphatic heterocycles. The van der Waals surface area contributed by atoms with E-state index in [0.717, 1.165) is 18.5 Å². The van der Waals surface area contributed by atoms with E-state index in [1.165, 1.54) is 16.8 Å². The number of aromatic carboxylic acids is 1. The average Bonchev–Trinajstić information content (AvgIpc) is 3.17. The van der Waals surface area contributed by atoms with Crippen LogP contribution in [0.5, 0.6) is 0 Å². The van der Waals surface area contributed by atoms with Crippen molar-refractivity contribution >= 4 is 34.7 Å². The highest BCUT2D eigenvalue weighted by molar-refractivity contribution is 6.04. The van der Waals surface area contributed by atoms with E-state index in [2.05, 4.69) is 15.4 Å². The Balaban J connectivity index is 1.63. The Morgan fingerprint density at radius 3 is 2.37 bits per heavy atom. The van der Waals surface area contributed by atoms with E-state index < -0.39 is 46.7 Å². The van der Waals surface area contributed by atoms with Crippen LogP contribution in [0.25, 0.3) is 16.6 Å². The molecule has 0 aliphatic rings. The zero-order chi connectivity index (χ0) is 25.5. The van der Waals surface area contributed by atoms with Crippen molar-refractivity contribution in [3.05, 3.63) is 71.7 Å². The predicted octanol–water partition coefficient (Wildman–Crippen LogP) is 4.62. The van der Waals surface area contributed by atoms with Gasteiger partial charge in [-0.3, -0.25) is 0 Å². The topological polar surface area (TPSA) is 135 Å². The number of nitrogen functional groups attached to an aromatic ring is 1. The van der Waals surface area contributed by atoms with E-state index in [1.807, 2.05) is 5.32 Å². The summed E-state index contributed by atoms with van der Waals surface area (Å²) in [5, 5.41) is 17.4. The molecule has 4 aromatic rings. The zero-order valence-corrected chi connectivity index (χ0v) is 17.2. The second-order valence-corrected chi connectivity index (χ2v) is 7.13. The smallest absolute Gasteiger partial charge is 0.416 e. The Morgan fingerprint density at radius 2 is 1.71 bits per heavy atom. The van der Waals surface area contributed by atoms with Gasteiger partial charge in [0.25, 0.3) is 0 Å². The molecular formula is C21H13F5N6O3. The maximum Gasteiger partial charge on any atom is 0.416 e. The van der Waals surface area contributed by atoms with Crippen molar-refractivity contribution in [2.45, 2.75) is 6.18 Å². The summed E-state index contributed by atoms with van der Waals surface area (Å²) < 4.78 is 68.3. The maximum atomic E-state index is 14.8. The lowest BCUT2D eigenvalue weighted by atomic mass is 10.0. The number of carbonyl (C=O) groups excluding carboxylic acids is 1. The first-order valence-electron chi connectivity index (χ1n) is 9.55. The van der Waals surface area contributed by atoms with Gasteiger partial charge in [-0.1, -0.05) is 6.07 Å². The largest absolute Gasteiger partial charge is 0.478 e. The minimum atomic E-state index is -4.77. The van der Waals surface area contributed by atoms with Crippen LogP contribution in [0.15, 0.2) is 48.9 Å². The summed E-state index contributed by atoms with van der Waals surface area (Å²) in [5.41, 5.74) is 3.43. The Bertz CT molecular complexity index is 1480. The number of nitrogens with two attached hydrogens (primary N) is 1. The summed E-state index contributed by atoms with van der Waals surface area (Å²) in [5.74, 6) is -3.55. The molecule has 2 amide bonds. The van der Waals surface area contributed by atoms with Crippen LogP contribution in [0.3, 0.4) is 0 Å². The third-order valence-corrected chi connectivity index (χ3v) is 4.88. The monoisotopic (exact) mass is 492 g/mol. The van der Waals surface area contributed by atoms with Gasteiger partial charge in [0.2, 0.25) is 0 Å². The van der Waals surface area contributed by atoms with Gasteiger partial charge in [-0.05, 0) is 35.9 Å². The molecule has 2 heterocycles. The van der Waals surface area contributed by atoms with Crippen LogP contribution < -0.4 is 16.4 Å². The van der Waals surface area contributed by atoms with Crippen molar-refractivity contribution in [1.82, 2.24) is 14.6 Å². The van der Waals surface area contributed by atoms with Gasteiger partial charge in [0.1, 0.15) is 23.5 Å². The number of rotatable bonds is 4. The number of hydrogen-bond donors (Lipinski definition) is 4. The number of anilines is 3. The van der Waals surface area contributed by atoms with Gasteiger partial charge < -0.3 is 21.5 Å². The minimum Gasteiger partial charge on any atom is -0.478 e. The van der Waals surface area contributed by atoms with Gasteiger partial charge in [0.05, 0.1) is 22.5 Å². The molecule has 180 valence electrons. The summed E-state index contributed by atoms with van der Waals surface area (Å²) in [7, 11) is 0. The van der Waals surface area contributed by atoms with E-state index >= 15 is 0 Å². The van der Waals surface area contributed by atoms with E-state index in [0.29, 0.717) is 18.2 Å². The highest BCUT2D eigenvalue weighted by atomic mass is 19.4. The van der Waals surface area contributed by atoms with E-state index in [-0.39, 0.29) is 28.0 Å².